The molecule has 0 saturated heterocycles. The smallest absolute Gasteiger partial charge is 0.253 e. The van der Waals surface area contributed by atoms with Crippen molar-refractivity contribution in [1.29, 1.82) is 0 Å². The quantitative estimate of drug-likeness (QED) is 0.786. The fourth-order valence-corrected chi connectivity index (χ4v) is 1.97. The molecule has 5 heteroatoms. The van der Waals surface area contributed by atoms with Gasteiger partial charge in [-0.25, -0.2) is 0 Å². The minimum Gasteiger partial charge on any atom is -0.339 e. The molecule has 1 rings (SSSR count). The van der Waals surface area contributed by atoms with E-state index in [9.17, 15) is 9.59 Å². The lowest BCUT2D eigenvalue weighted by molar-refractivity contribution is -0.116. The van der Waals surface area contributed by atoms with Crippen molar-refractivity contribution in [2.75, 3.05) is 24.3 Å². The average molecular weight is 297 g/mol. The molecule has 4 nitrogen and oxygen atoms in total. The van der Waals surface area contributed by atoms with Gasteiger partial charge in [0, 0.05) is 36.6 Å². The zero-order chi connectivity index (χ0) is 15.0. The summed E-state index contributed by atoms with van der Waals surface area (Å²) in [6.07, 6.45) is 1.07. The molecule has 0 atom stereocenters. The number of anilines is 1. The summed E-state index contributed by atoms with van der Waals surface area (Å²) in [7, 11) is 0. The summed E-state index contributed by atoms with van der Waals surface area (Å²) < 4.78 is 0. The van der Waals surface area contributed by atoms with Crippen LogP contribution >= 0.6 is 11.6 Å². The Bertz CT molecular complexity index is 442. The van der Waals surface area contributed by atoms with E-state index in [0.29, 0.717) is 43.1 Å². The van der Waals surface area contributed by atoms with E-state index in [-0.39, 0.29) is 11.8 Å². The third-order valence-corrected chi connectivity index (χ3v) is 3.27. The van der Waals surface area contributed by atoms with E-state index in [1.165, 1.54) is 0 Å². The molecule has 1 aromatic carbocycles. The van der Waals surface area contributed by atoms with Gasteiger partial charge in [-0.1, -0.05) is 0 Å². The number of amides is 2. The number of carbonyl (C=O) groups is 2. The number of rotatable bonds is 7. The Balaban J connectivity index is 2.64. The van der Waals surface area contributed by atoms with Crippen LogP contribution in [0.3, 0.4) is 0 Å². The van der Waals surface area contributed by atoms with E-state index in [1.807, 2.05) is 13.8 Å². The Labute approximate surface area is 125 Å². The number of nitrogens with one attached hydrogen (secondary N) is 1. The molecule has 0 fully saturated rings. The summed E-state index contributed by atoms with van der Waals surface area (Å²) in [5, 5.41) is 2.78. The molecule has 0 aliphatic heterocycles. The average Bonchev–Trinajstić information content (AvgIpc) is 2.47. The topological polar surface area (TPSA) is 49.4 Å². The largest absolute Gasteiger partial charge is 0.339 e. The first kappa shape index (κ1) is 16.5. The lowest BCUT2D eigenvalue weighted by Crippen LogP contribution is -2.30. The Kier molecular flexibility index (Phi) is 7.09. The lowest BCUT2D eigenvalue weighted by Gasteiger charge is -2.18. The third-order valence-electron chi connectivity index (χ3n) is 3.00. The first-order valence-corrected chi connectivity index (χ1v) is 7.41. The first-order chi connectivity index (χ1) is 9.62. The number of benzene rings is 1. The minimum atomic E-state index is -0.0616. The van der Waals surface area contributed by atoms with E-state index in [0.717, 1.165) is 0 Å². The molecule has 110 valence electrons. The minimum absolute atomic E-state index is 0.00927. The van der Waals surface area contributed by atoms with Crippen molar-refractivity contribution in [2.45, 2.75) is 26.7 Å². The van der Waals surface area contributed by atoms with Crippen LogP contribution in [0.15, 0.2) is 24.3 Å². The molecule has 0 saturated carbocycles. The van der Waals surface area contributed by atoms with Crippen molar-refractivity contribution in [2.24, 2.45) is 0 Å². The predicted octanol–water partition coefficient (Wildman–Crippen LogP) is 3.13. The predicted molar refractivity (Wildman–Crippen MR) is 82.3 cm³/mol. The van der Waals surface area contributed by atoms with Gasteiger partial charge < -0.3 is 10.2 Å². The van der Waals surface area contributed by atoms with Gasteiger partial charge in [-0.15, -0.1) is 11.6 Å². The second-order valence-corrected chi connectivity index (χ2v) is 4.77. The number of nitrogens with zero attached hydrogens (tertiary/aromatic N) is 1. The number of halogens is 1. The molecule has 0 bridgehead atoms. The first-order valence-electron chi connectivity index (χ1n) is 6.87. The van der Waals surface area contributed by atoms with Gasteiger partial charge in [-0.2, -0.15) is 0 Å². The Morgan fingerprint density at radius 3 is 2.25 bits per heavy atom. The molecule has 20 heavy (non-hydrogen) atoms. The van der Waals surface area contributed by atoms with Gasteiger partial charge in [-0.3, -0.25) is 9.59 Å². The summed E-state index contributed by atoms with van der Waals surface area (Å²) in [6, 6.07) is 6.96. The highest BCUT2D eigenvalue weighted by atomic mass is 35.5. The van der Waals surface area contributed by atoms with Crippen LogP contribution in [0.1, 0.15) is 37.0 Å². The SMILES string of the molecule is CCN(CC)C(=O)c1ccc(NC(=O)CCCCl)cc1. The molecule has 0 aliphatic rings. The summed E-state index contributed by atoms with van der Waals surface area (Å²) in [5.74, 6) is 0.425. The monoisotopic (exact) mass is 296 g/mol. The number of hydrogen-bond donors (Lipinski definition) is 1. The van der Waals surface area contributed by atoms with Crippen LogP contribution in [-0.4, -0.2) is 35.7 Å². The van der Waals surface area contributed by atoms with Crippen molar-refractivity contribution in [3.8, 4) is 0 Å². The number of hydrogen-bond acceptors (Lipinski definition) is 2. The van der Waals surface area contributed by atoms with Crippen molar-refractivity contribution >= 4 is 29.1 Å². The van der Waals surface area contributed by atoms with Crippen LogP contribution < -0.4 is 5.32 Å². The number of alkyl halides is 1. The summed E-state index contributed by atoms with van der Waals surface area (Å²) in [4.78, 5) is 25.4. The maximum atomic E-state index is 12.1. The second kappa shape index (κ2) is 8.59. The molecular formula is C15H21ClN2O2. The maximum absolute atomic E-state index is 12.1. The van der Waals surface area contributed by atoms with Gasteiger partial charge in [0.1, 0.15) is 0 Å². The summed E-state index contributed by atoms with van der Waals surface area (Å²) >= 11 is 5.54. The van der Waals surface area contributed by atoms with E-state index < -0.39 is 0 Å². The highest BCUT2D eigenvalue weighted by Crippen LogP contribution is 2.12. The summed E-state index contributed by atoms with van der Waals surface area (Å²) in [6.45, 7) is 5.28. The van der Waals surface area contributed by atoms with Crippen molar-refractivity contribution in [1.82, 2.24) is 4.90 Å². The van der Waals surface area contributed by atoms with Crippen molar-refractivity contribution in [3.63, 3.8) is 0 Å². The zero-order valence-electron chi connectivity index (χ0n) is 12.0. The van der Waals surface area contributed by atoms with Crippen LogP contribution in [0.5, 0.6) is 0 Å². The lowest BCUT2D eigenvalue weighted by atomic mass is 10.1. The Morgan fingerprint density at radius 1 is 1.15 bits per heavy atom. The van der Waals surface area contributed by atoms with E-state index in [1.54, 1.807) is 29.2 Å². The summed E-state index contributed by atoms with van der Waals surface area (Å²) in [5.41, 5.74) is 1.33. The molecule has 0 aromatic heterocycles. The normalized spacial score (nSPS) is 10.2. The fraction of sp³-hybridized carbons (Fsp3) is 0.467. The fourth-order valence-electron chi connectivity index (χ4n) is 1.84. The van der Waals surface area contributed by atoms with Gasteiger partial charge >= 0.3 is 0 Å². The van der Waals surface area contributed by atoms with Crippen LogP contribution in [-0.2, 0) is 4.79 Å². The number of carbonyl (C=O) groups excluding carboxylic acids is 2. The molecule has 0 heterocycles. The molecule has 0 aliphatic carbocycles. The Morgan fingerprint density at radius 2 is 1.75 bits per heavy atom. The highest BCUT2D eigenvalue weighted by molar-refractivity contribution is 6.18. The van der Waals surface area contributed by atoms with Crippen LogP contribution in [0.4, 0.5) is 5.69 Å². The highest BCUT2D eigenvalue weighted by Gasteiger charge is 2.12. The third kappa shape index (κ3) is 4.85. The zero-order valence-corrected chi connectivity index (χ0v) is 12.7. The van der Waals surface area contributed by atoms with Gasteiger partial charge in [-0.05, 0) is 44.5 Å². The molecule has 0 unspecified atom stereocenters. The van der Waals surface area contributed by atoms with Gasteiger partial charge in [0.15, 0.2) is 0 Å². The molecule has 0 spiro atoms. The molecule has 1 N–H and O–H groups in total. The van der Waals surface area contributed by atoms with Crippen molar-refractivity contribution < 1.29 is 9.59 Å². The second-order valence-electron chi connectivity index (χ2n) is 4.40. The van der Waals surface area contributed by atoms with Gasteiger partial charge in [0.2, 0.25) is 5.91 Å². The van der Waals surface area contributed by atoms with Gasteiger partial charge in [0.05, 0.1) is 0 Å². The Hall–Kier alpha value is -1.55. The molecule has 2 amide bonds. The van der Waals surface area contributed by atoms with Gasteiger partial charge in [0.25, 0.3) is 5.91 Å². The van der Waals surface area contributed by atoms with Crippen LogP contribution in [0.25, 0.3) is 0 Å². The van der Waals surface area contributed by atoms with Crippen molar-refractivity contribution in [3.05, 3.63) is 29.8 Å². The standard InChI is InChI=1S/C15H21ClN2O2/c1-3-18(4-2)15(20)12-7-9-13(10-8-12)17-14(19)6-5-11-16/h7-10H,3-6,11H2,1-2H3,(H,17,19). The molecular weight excluding hydrogens is 276 g/mol. The van der Waals surface area contributed by atoms with E-state index in [2.05, 4.69) is 5.32 Å². The maximum Gasteiger partial charge on any atom is 0.253 e. The van der Waals surface area contributed by atoms with Crippen LogP contribution in [0, 0.1) is 0 Å². The van der Waals surface area contributed by atoms with E-state index >= 15 is 0 Å². The van der Waals surface area contributed by atoms with E-state index in [4.69, 9.17) is 11.6 Å². The molecule has 0 radical (unpaired) electrons. The van der Waals surface area contributed by atoms with Crippen LogP contribution in [0.2, 0.25) is 0 Å². The molecule has 1 aromatic rings.